The van der Waals surface area contributed by atoms with Crippen LogP contribution in [-0.2, 0) is 27.3 Å². The average Bonchev–Trinajstić information content (AvgIpc) is 3.17. The molecule has 3 heterocycles. The van der Waals surface area contributed by atoms with E-state index in [1.165, 1.54) is 5.56 Å². The molecule has 0 aliphatic carbocycles. The Bertz CT molecular complexity index is 1450. The lowest BCUT2D eigenvalue weighted by Gasteiger charge is -2.31. The molecule has 0 spiro atoms. The second-order valence-electron chi connectivity index (χ2n) is 10.1. The molecule has 2 saturated heterocycles. The highest BCUT2D eigenvalue weighted by atomic mass is 16.2. The number of piperazine rings is 1. The summed E-state index contributed by atoms with van der Waals surface area (Å²) in [7, 11) is 1.84. The van der Waals surface area contributed by atoms with Crippen molar-refractivity contribution in [1.29, 1.82) is 0 Å². The number of nitrogens with one attached hydrogen (secondary N) is 1. The highest BCUT2D eigenvalue weighted by Crippen LogP contribution is 2.41. The van der Waals surface area contributed by atoms with Crippen molar-refractivity contribution in [3.63, 3.8) is 0 Å². The van der Waals surface area contributed by atoms with Crippen molar-refractivity contribution >= 4 is 40.1 Å². The number of hydrogen-bond acceptors (Lipinski definition) is 5. The Kier molecular flexibility index (Phi) is 5.76. The summed E-state index contributed by atoms with van der Waals surface area (Å²) >= 11 is 0. The Balaban J connectivity index is 1.24. The number of nitrogens with zero attached hydrogens (tertiary/aromatic N) is 3. The van der Waals surface area contributed by atoms with Gasteiger partial charge in [0.1, 0.15) is 6.04 Å². The number of likely N-dealkylation sites (N-methyl/N-ethyl adjacent to an activating group) is 1. The molecule has 3 aromatic carbocycles. The normalized spacial score (nSPS) is 20.2. The van der Waals surface area contributed by atoms with Crippen molar-refractivity contribution in [1.82, 2.24) is 15.1 Å². The van der Waals surface area contributed by atoms with E-state index in [1.54, 1.807) is 9.80 Å². The van der Waals surface area contributed by atoms with Crippen LogP contribution in [0.5, 0.6) is 0 Å². The van der Waals surface area contributed by atoms with Gasteiger partial charge in [0.05, 0.1) is 12.2 Å². The number of carbonyl (C=O) groups excluding carboxylic acids is 4. The first-order chi connectivity index (χ1) is 17.9. The van der Waals surface area contributed by atoms with E-state index in [4.69, 9.17) is 0 Å². The predicted molar refractivity (Wildman–Crippen MR) is 139 cm³/mol. The minimum Gasteiger partial charge on any atom is -0.343 e. The van der Waals surface area contributed by atoms with Gasteiger partial charge in [-0.3, -0.25) is 34.3 Å². The Morgan fingerprint density at radius 2 is 1.70 bits per heavy atom. The highest BCUT2D eigenvalue weighted by Gasteiger charge is 2.40. The van der Waals surface area contributed by atoms with Crippen LogP contribution in [0.1, 0.15) is 39.9 Å². The van der Waals surface area contributed by atoms with Gasteiger partial charge >= 0.3 is 0 Å². The minimum atomic E-state index is -0.685. The largest absolute Gasteiger partial charge is 0.343 e. The van der Waals surface area contributed by atoms with Gasteiger partial charge in [-0.2, -0.15) is 0 Å². The van der Waals surface area contributed by atoms with Gasteiger partial charge in [-0.15, -0.1) is 0 Å². The average molecular weight is 497 g/mol. The Morgan fingerprint density at radius 3 is 2.46 bits per heavy atom. The zero-order valence-corrected chi connectivity index (χ0v) is 20.7. The molecular weight excluding hydrogens is 468 g/mol. The van der Waals surface area contributed by atoms with E-state index >= 15 is 0 Å². The van der Waals surface area contributed by atoms with Gasteiger partial charge in [0, 0.05) is 44.1 Å². The quantitative estimate of drug-likeness (QED) is 0.548. The molecule has 0 aromatic heterocycles. The fraction of sp³-hybridized carbons (Fsp3) is 0.310. The molecule has 3 aliphatic rings. The summed E-state index contributed by atoms with van der Waals surface area (Å²) < 4.78 is 0. The van der Waals surface area contributed by atoms with Crippen molar-refractivity contribution in [2.45, 2.75) is 31.8 Å². The molecule has 6 rings (SSSR count). The SMILES string of the molecule is CN1CCN(Cc2ccc(Cc3ccc4c5c(cccc35)C(=O)N4C3CCC(=O)NC3=O)cc2)CC1=O. The van der Waals surface area contributed by atoms with Gasteiger partial charge in [0.25, 0.3) is 5.91 Å². The van der Waals surface area contributed by atoms with Gasteiger partial charge in [-0.05, 0) is 47.1 Å². The second kappa shape index (κ2) is 9.12. The summed E-state index contributed by atoms with van der Waals surface area (Å²) in [5, 5.41) is 4.24. The Morgan fingerprint density at radius 1 is 0.919 bits per heavy atom. The molecule has 1 unspecified atom stereocenters. The minimum absolute atomic E-state index is 0.157. The monoisotopic (exact) mass is 496 g/mol. The van der Waals surface area contributed by atoms with Crippen LogP contribution in [0.3, 0.4) is 0 Å². The van der Waals surface area contributed by atoms with Crippen molar-refractivity contribution in [2.24, 2.45) is 0 Å². The predicted octanol–water partition coefficient (Wildman–Crippen LogP) is 2.47. The maximum absolute atomic E-state index is 13.3. The summed E-state index contributed by atoms with van der Waals surface area (Å²) in [6.07, 6.45) is 1.25. The molecule has 8 heteroatoms. The lowest BCUT2D eigenvalue weighted by molar-refractivity contribution is -0.135. The topological polar surface area (TPSA) is 90.0 Å². The van der Waals surface area contributed by atoms with Crippen LogP contribution in [0.15, 0.2) is 54.6 Å². The number of carbonyl (C=O) groups is 4. The van der Waals surface area contributed by atoms with Crippen LogP contribution in [0, 0.1) is 0 Å². The molecule has 0 radical (unpaired) electrons. The number of imide groups is 1. The molecule has 37 heavy (non-hydrogen) atoms. The van der Waals surface area contributed by atoms with Crippen molar-refractivity contribution in [2.75, 3.05) is 31.6 Å². The second-order valence-corrected chi connectivity index (χ2v) is 10.1. The standard InChI is InChI=1S/C29H28N4O4/c1-31-13-14-32(17-26(31)35)16-19-7-5-18(6-8-19)15-20-9-10-23-27-21(20)3-2-4-22(27)29(37)33(23)24-11-12-25(34)30-28(24)36/h2-10,24H,11-17H2,1H3,(H,30,34,36). The van der Waals surface area contributed by atoms with Crippen molar-refractivity contribution in [3.05, 3.63) is 76.9 Å². The molecule has 8 nitrogen and oxygen atoms in total. The van der Waals surface area contributed by atoms with Gasteiger partial charge in [-0.25, -0.2) is 0 Å². The van der Waals surface area contributed by atoms with Crippen LogP contribution >= 0.6 is 0 Å². The van der Waals surface area contributed by atoms with E-state index in [0.29, 0.717) is 24.9 Å². The molecule has 4 amide bonds. The van der Waals surface area contributed by atoms with E-state index in [0.717, 1.165) is 47.2 Å². The van der Waals surface area contributed by atoms with Crippen LogP contribution < -0.4 is 10.2 Å². The highest BCUT2D eigenvalue weighted by molar-refractivity contribution is 6.27. The lowest BCUT2D eigenvalue weighted by atomic mass is 9.95. The number of rotatable bonds is 5. The van der Waals surface area contributed by atoms with Crippen LogP contribution in [0.4, 0.5) is 5.69 Å². The molecule has 3 aromatic rings. The first-order valence-electron chi connectivity index (χ1n) is 12.6. The molecule has 2 fully saturated rings. The van der Waals surface area contributed by atoms with Crippen LogP contribution in [0.25, 0.3) is 10.8 Å². The molecule has 0 bridgehead atoms. The zero-order chi connectivity index (χ0) is 25.7. The fourth-order valence-electron chi connectivity index (χ4n) is 5.64. The third kappa shape index (κ3) is 4.17. The van der Waals surface area contributed by atoms with Gasteiger partial charge in [0.2, 0.25) is 17.7 Å². The van der Waals surface area contributed by atoms with Gasteiger partial charge in [-0.1, -0.05) is 42.5 Å². The Hall–Kier alpha value is -4.04. The number of anilines is 1. The van der Waals surface area contributed by atoms with Gasteiger partial charge < -0.3 is 4.90 Å². The van der Waals surface area contributed by atoms with E-state index in [1.807, 2.05) is 37.4 Å². The number of hydrogen-bond donors (Lipinski definition) is 1. The molecule has 0 saturated carbocycles. The summed E-state index contributed by atoms with van der Waals surface area (Å²) in [5.41, 5.74) is 4.76. The van der Waals surface area contributed by atoms with E-state index in [-0.39, 0.29) is 24.1 Å². The fourth-order valence-corrected chi connectivity index (χ4v) is 5.64. The molecule has 1 atom stereocenters. The third-order valence-electron chi connectivity index (χ3n) is 7.70. The number of piperidine rings is 1. The van der Waals surface area contributed by atoms with Gasteiger partial charge in [0.15, 0.2) is 0 Å². The number of amides is 4. The smallest absolute Gasteiger partial charge is 0.259 e. The summed E-state index contributed by atoms with van der Waals surface area (Å²) in [6, 6.07) is 17.5. The first-order valence-corrected chi connectivity index (χ1v) is 12.6. The Labute approximate surface area is 214 Å². The summed E-state index contributed by atoms with van der Waals surface area (Å²) in [4.78, 5) is 55.0. The maximum atomic E-state index is 13.3. The van der Waals surface area contributed by atoms with E-state index < -0.39 is 11.9 Å². The van der Waals surface area contributed by atoms with E-state index in [9.17, 15) is 19.2 Å². The summed E-state index contributed by atoms with van der Waals surface area (Å²) in [5.74, 6) is -0.756. The van der Waals surface area contributed by atoms with Crippen LogP contribution in [0.2, 0.25) is 0 Å². The molecule has 1 N–H and O–H groups in total. The maximum Gasteiger partial charge on any atom is 0.259 e. The van der Waals surface area contributed by atoms with E-state index in [2.05, 4.69) is 34.5 Å². The molecule has 3 aliphatic heterocycles. The zero-order valence-electron chi connectivity index (χ0n) is 20.7. The molecule has 188 valence electrons. The third-order valence-corrected chi connectivity index (χ3v) is 7.70. The lowest BCUT2D eigenvalue weighted by Crippen LogP contribution is -2.53. The first kappa shape index (κ1) is 23.4. The van der Waals surface area contributed by atoms with Crippen molar-refractivity contribution < 1.29 is 19.2 Å². The summed E-state index contributed by atoms with van der Waals surface area (Å²) in [6.45, 7) is 2.83. The van der Waals surface area contributed by atoms with Crippen LogP contribution in [-0.4, -0.2) is 66.2 Å². The van der Waals surface area contributed by atoms with Crippen molar-refractivity contribution in [3.8, 4) is 0 Å². The number of benzene rings is 3. The molecular formula is C29H28N4O4.